The predicted molar refractivity (Wildman–Crippen MR) is 57.5 cm³/mol. The Kier molecular flexibility index (Phi) is 5.35. The molecule has 0 fully saturated rings. The Morgan fingerprint density at radius 3 is 1.56 bits per heavy atom. The van der Waals surface area contributed by atoms with Gasteiger partial charge >= 0.3 is 11.9 Å². The van der Waals surface area contributed by atoms with Crippen molar-refractivity contribution in [2.45, 2.75) is 33.3 Å². The first-order chi connectivity index (χ1) is 8.14. The standard InChI is InChI=1S/C11H14O7/c1-6(12)11(7(2)13,18-9(4)15)10(16)5-17-8(3)14/h5H2,1-4H3. The van der Waals surface area contributed by atoms with Gasteiger partial charge in [-0.15, -0.1) is 0 Å². The molecule has 0 aliphatic rings. The van der Waals surface area contributed by atoms with Crippen LogP contribution in [0.1, 0.15) is 27.7 Å². The lowest BCUT2D eigenvalue weighted by Gasteiger charge is -2.25. The van der Waals surface area contributed by atoms with Crippen molar-refractivity contribution in [1.29, 1.82) is 0 Å². The average molecular weight is 258 g/mol. The lowest BCUT2D eigenvalue weighted by atomic mass is 9.89. The Morgan fingerprint density at radius 2 is 1.28 bits per heavy atom. The summed E-state index contributed by atoms with van der Waals surface area (Å²) in [5, 5.41) is 0. The number of ketones is 3. The SMILES string of the molecule is CC(=O)OCC(=O)C(OC(C)=O)(C(C)=O)C(C)=O. The van der Waals surface area contributed by atoms with E-state index < -0.39 is 41.5 Å². The van der Waals surface area contributed by atoms with Crippen LogP contribution < -0.4 is 0 Å². The smallest absolute Gasteiger partial charge is 0.304 e. The number of rotatable bonds is 6. The maximum atomic E-state index is 11.8. The van der Waals surface area contributed by atoms with Gasteiger partial charge in [0.2, 0.25) is 5.78 Å². The summed E-state index contributed by atoms with van der Waals surface area (Å²) in [6.45, 7) is 3.08. The molecule has 0 radical (unpaired) electrons. The highest BCUT2D eigenvalue weighted by Crippen LogP contribution is 2.17. The zero-order valence-electron chi connectivity index (χ0n) is 10.6. The summed E-state index contributed by atoms with van der Waals surface area (Å²) in [4.78, 5) is 56.2. The fourth-order valence-corrected chi connectivity index (χ4v) is 1.33. The van der Waals surface area contributed by atoms with Gasteiger partial charge in [0, 0.05) is 13.8 Å². The molecule has 0 aromatic heterocycles. The maximum absolute atomic E-state index is 11.8. The number of Topliss-reactive ketones (excluding diaryl/α,β-unsaturated/α-hetero) is 3. The van der Waals surface area contributed by atoms with Crippen molar-refractivity contribution in [3.63, 3.8) is 0 Å². The molecule has 100 valence electrons. The average Bonchev–Trinajstić information content (AvgIpc) is 2.20. The van der Waals surface area contributed by atoms with E-state index in [4.69, 9.17) is 0 Å². The van der Waals surface area contributed by atoms with E-state index in [-0.39, 0.29) is 0 Å². The maximum Gasteiger partial charge on any atom is 0.304 e. The van der Waals surface area contributed by atoms with Gasteiger partial charge < -0.3 is 9.47 Å². The van der Waals surface area contributed by atoms with Gasteiger partial charge in [0.15, 0.2) is 18.2 Å². The first-order valence-corrected chi connectivity index (χ1v) is 5.03. The van der Waals surface area contributed by atoms with Crippen molar-refractivity contribution in [2.75, 3.05) is 6.61 Å². The molecule has 0 spiro atoms. The van der Waals surface area contributed by atoms with Gasteiger partial charge in [-0.3, -0.25) is 24.0 Å². The zero-order chi connectivity index (χ0) is 14.5. The third-order valence-electron chi connectivity index (χ3n) is 2.09. The fraction of sp³-hybridized carbons (Fsp3) is 0.545. The van der Waals surface area contributed by atoms with Crippen LogP contribution >= 0.6 is 0 Å². The molecule has 0 heterocycles. The number of carbonyl (C=O) groups is 5. The summed E-state index contributed by atoms with van der Waals surface area (Å²) in [6.07, 6.45) is 0. The number of carbonyl (C=O) groups excluding carboxylic acids is 5. The molecule has 0 unspecified atom stereocenters. The van der Waals surface area contributed by atoms with Crippen molar-refractivity contribution < 1.29 is 33.4 Å². The van der Waals surface area contributed by atoms with Gasteiger partial charge in [-0.1, -0.05) is 0 Å². The predicted octanol–water partition coefficient (Wildman–Crippen LogP) is -0.402. The van der Waals surface area contributed by atoms with Gasteiger partial charge in [0.1, 0.15) is 0 Å². The van der Waals surface area contributed by atoms with Gasteiger partial charge in [-0.2, -0.15) is 0 Å². The minimum absolute atomic E-state index is 0.757. The largest absolute Gasteiger partial charge is 0.458 e. The topological polar surface area (TPSA) is 104 Å². The molecular weight excluding hydrogens is 244 g/mol. The van der Waals surface area contributed by atoms with E-state index in [0.29, 0.717) is 0 Å². The van der Waals surface area contributed by atoms with Crippen molar-refractivity contribution in [3.05, 3.63) is 0 Å². The summed E-state index contributed by atoms with van der Waals surface area (Å²) < 4.78 is 8.98. The molecule has 0 rings (SSSR count). The van der Waals surface area contributed by atoms with E-state index in [2.05, 4.69) is 9.47 Å². The highest BCUT2D eigenvalue weighted by atomic mass is 16.6. The van der Waals surface area contributed by atoms with Crippen molar-refractivity contribution >= 4 is 29.3 Å². The summed E-state index contributed by atoms with van der Waals surface area (Å²) in [5.41, 5.74) is -2.53. The minimum Gasteiger partial charge on any atom is -0.458 e. The summed E-state index contributed by atoms with van der Waals surface area (Å²) >= 11 is 0. The van der Waals surface area contributed by atoms with Crippen LogP contribution in [-0.4, -0.2) is 41.5 Å². The van der Waals surface area contributed by atoms with Gasteiger partial charge in [0.05, 0.1) is 0 Å². The molecular formula is C11H14O7. The molecule has 0 saturated carbocycles. The van der Waals surface area contributed by atoms with Crippen LogP contribution in [0.5, 0.6) is 0 Å². The van der Waals surface area contributed by atoms with Crippen LogP contribution in [0.25, 0.3) is 0 Å². The molecule has 7 nitrogen and oxygen atoms in total. The molecule has 0 aromatic rings. The Balaban J connectivity index is 5.36. The van der Waals surface area contributed by atoms with Crippen molar-refractivity contribution in [1.82, 2.24) is 0 Å². The van der Waals surface area contributed by atoms with E-state index in [1.807, 2.05) is 0 Å². The van der Waals surface area contributed by atoms with Crippen molar-refractivity contribution in [3.8, 4) is 0 Å². The zero-order valence-corrected chi connectivity index (χ0v) is 10.6. The van der Waals surface area contributed by atoms with E-state index in [9.17, 15) is 24.0 Å². The van der Waals surface area contributed by atoms with Gasteiger partial charge in [-0.05, 0) is 13.8 Å². The van der Waals surface area contributed by atoms with Crippen molar-refractivity contribution in [2.24, 2.45) is 0 Å². The molecule has 0 atom stereocenters. The van der Waals surface area contributed by atoms with Gasteiger partial charge in [-0.25, -0.2) is 0 Å². The third-order valence-corrected chi connectivity index (χ3v) is 2.09. The molecule has 0 saturated heterocycles. The first kappa shape index (κ1) is 16.0. The highest BCUT2D eigenvalue weighted by molar-refractivity contribution is 6.28. The minimum atomic E-state index is -2.53. The second kappa shape index (κ2) is 6.04. The summed E-state index contributed by atoms with van der Waals surface area (Å²) in [5.74, 6) is -4.69. The molecule has 0 amide bonds. The number of ether oxygens (including phenoxy) is 2. The van der Waals surface area contributed by atoms with E-state index in [1.54, 1.807) is 0 Å². The summed E-state index contributed by atoms with van der Waals surface area (Å²) in [6, 6.07) is 0. The lowest BCUT2D eigenvalue weighted by molar-refractivity contribution is -0.177. The Morgan fingerprint density at radius 1 is 0.833 bits per heavy atom. The second-order valence-electron chi connectivity index (χ2n) is 3.59. The van der Waals surface area contributed by atoms with E-state index in [0.717, 1.165) is 27.7 Å². The molecule has 0 aromatic carbocycles. The Labute approximate surface area is 103 Å². The van der Waals surface area contributed by atoms with E-state index in [1.165, 1.54) is 0 Å². The Hall–Kier alpha value is -2.05. The molecule has 0 bridgehead atoms. The molecule has 0 N–H and O–H groups in total. The molecule has 18 heavy (non-hydrogen) atoms. The summed E-state index contributed by atoms with van der Waals surface area (Å²) in [7, 11) is 0. The molecule has 0 aliphatic carbocycles. The van der Waals surface area contributed by atoms with Crippen LogP contribution in [0.3, 0.4) is 0 Å². The second-order valence-corrected chi connectivity index (χ2v) is 3.59. The monoisotopic (exact) mass is 258 g/mol. The fourth-order valence-electron chi connectivity index (χ4n) is 1.33. The highest BCUT2D eigenvalue weighted by Gasteiger charge is 2.51. The number of esters is 2. The Bertz CT molecular complexity index is 394. The van der Waals surface area contributed by atoms with Crippen LogP contribution in [-0.2, 0) is 33.4 Å². The number of hydrogen-bond acceptors (Lipinski definition) is 7. The normalized spacial score (nSPS) is 10.4. The molecule has 0 aliphatic heterocycles. The first-order valence-electron chi connectivity index (χ1n) is 5.03. The van der Waals surface area contributed by atoms with Crippen LogP contribution in [0, 0.1) is 0 Å². The third kappa shape index (κ3) is 3.47. The van der Waals surface area contributed by atoms with Crippen LogP contribution in [0.2, 0.25) is 0 Å². The van der Waals surface area contributed by atoms with E-state index >= 15 is 0 Å². The lowest BCUT2D eigenvalue weighted by Crippen LogP contribution is -2.56. The van der Waals surface area contributed by atoms with Crippen LogP contribution in [0.15, 0.2) is 0 Å². The van der Waals surface area contributed by atoms with Gasteiger partial charge in [0.25, 0.3) is 5.60 Å². The van der Waals surface area contributed by atoms with Crippen LogP contribution in [0.4, 0.5) is 0 Å². The quantitative estimate of drug-likeness (QED) is 0.471. The number of hydrogen-bond donors (Lipinski definition) is 0. The molecule has 7 heteroatoms.